The highest BCUT2D eigenvalue weighted by Gasteiger charge is 2.41. The maximum absolute atomic E-state index is 13.0. The van der Waals surface area contributed by atoms with Gasteiger partial charge in [-0.1, -0.05) is 32.0 Å². The number of carbonyl (C=O) groups is 1. The number of carbonyl (C=O) groups excluding carboxylic acids is 1. The summed E-state index contributed by atoms with van der Waals surface area (Å²) in [7, 11) is 0. The maximum Gasteiger partial charge on any atom is 0.456 e. The molecule has 4 nitrogen and oxygen atoms in total. The molecule has 3 rings (SSSR count). The minimum atomic E-state index is -4.98. The summed E-state index contributed by atoms with van der Waals surface area (Å²) < 4.78 is 40.6. The van der Waals surface area contributed by atoms with Crippen molar-refractivity contribution in [3.63, 3.8) is 0 Å². The van der Waals surface area contributed by atoms with Crippen LogP contribution in [0.1, 0.15) is 52.8 Å². The number of hydrogen-bond acceptors (Lipinski definition) is 3. The van der Waals surface area contributed by atoms with Crippen molar-refractivity contribution in [3.05, 3.63) is 52.5 Å². The lowest BCUT2D eigenvalue weighted by molar-refractivity contribution is -0.0888. The molecule has 0 saturated heterocycles. The summed E-state index contributed by atoms with van der Waals surface area (Å²) in [6.07, 6.45) is -4.98. The number of aromatic nitrogens is 3. The van der Waals surface area contributed by atoms with Gasteiger partial charge < -0.3 is 0 Å². The van der Waals surface area contributed by atoms with Crippen LogP contribution in [0.25, 0.3) is 16.8 Å². The Morgan fingerprint density at radius 3 is 2.19 bits per heavy atom. The number of ketones is 1. The van der Waals surface area contributed by atoms with E-state index in [-0.39, 0.29) is 11.6 Å². The third-order valence-electron chi connectivity index (χ3n) is 4.60. The van der Waals surface area contributed by atoms with Gasteiger partial charge in [0.15, 0.2) is 5.65 Å². The number of fused-ring (bicyclic) bond motifs is 1. The van der Waals surface area contributed by atoms with Crippen LogP contribution < -0.4 is 0 Å². The van der Waals surface area contributed by atoms with Crippen LogP contribution in [0.15, 0.2) is 24.3 Å². The normalized spacial score (nSPS) is 12.2. The average molecular weight is 375 g/mol. The zero-order valence-corrected chi connectivity index (χ0v) is 15.8. The predicted octanol–water partition coefficient (Wildman–Crippen LogP) is 5.19. The molecule has 0 aliphatic rings. The summed E-state index contributed by atoms with van der Waals surface area (Å²) in [6.45, 7) is 9.34. The first-order valence-corrected chi connectivity index (χ1v) is 8.60. The molecule has 0 fully saturated rings. The van der Waals surface area contributed by atoms with Crippen molar-refractivity contribution in [3.8, 4) is 11.1 Å². The van der Waals surface area contributed by atoms with Gasteiger partial charge in [0.1, 0.15) is 5.69 Å². The molecule has 3 aromatic rings. The van der Waals surface area contributed by atoms with Crippen molar-refractivity contribution >= 4 is 11.4 Å². The Labute approximate surface area is 155 Å². The Kier molecular flexibility index (Phi) is 4.57. The van der Waals surface area contributed by atoms with E-state index in [4.69, 9.17) is 0 Å². The lowest BCUT2D eigenvalue weighted by Gasteiger charge is -2.13. The van der Waals surface area contributed by atoms with Gasteiger partial charge in [0.05, 0.1) is 11.3 Å². The standard InChI is InChI=1S/C20H20F3N3O/c1-10(2)15-9-14(18(27)20(21,22)23)24-19-17(13(5)25-26(15)19)16-11(3)7-6-8-12(16)4/h6-10H,1-5H3. The highest BCUT2D eigenvalue weighted by atomic mass is 19.4. The minimum Gasteiger partial charge on any atom is -0.282 e. The molecule has 0 bridgehead atoms. The molecule has 0 aliphatic carbocycles. The quantitative estimate of drug-likeness (QED) is 0.592. The Morgan fingerprint density at radius 2 is 1.67 bits per heavy atom. The number of alkyl halides is 3. The van der Waals surface area contributed by atoms with Gasteiger partial charge in [0.2, 0.25) is 0 Å². The molecule has 0 N–H and O–H groups in total. The lowest BCUT2D eigenvalue weighted by Crippen LogP contribution is -2.24. The van der Waals surface area contributed by atoms with Crippen LogP contribution >= 0.6 is 0 Å². The molecule has 0 aliphatic heterocycles. The molecule has 0 amide bonds. The first-order chi connectivity index (χ1) is 12.5. The summed E-state index contributed by atoms with van der Waals surface area (Å²) in [4.78, 5) is 16.0. The predicted molar refractivity (Wildman–Crippen MR) is 97.1 cm³/mol. The summed E-state index contributed by atoms with van der Waals surface area (Å²) in [5.41, 5.74) is 4.29. The maximum atomic E-state index is 13.0. The fourth-order valence-corrected chi connectivity index (χ4v) is 3.32. The molecule has 7 heteroatoms. The van der Waals surface area contributed by atoms with Gasteiger partial charge in [-0.25, -0.2) is 9.50 Å². The van der Waals surface area contributed by atoms with E-state index in [1.165, 1.54) is 6.07 Å². The number of Topliss-reactive ketones (excluding diaryl/α,β-unsaturated/α-hetero) is 1. The van der Waals surface area contributed by atoms with E-state index in [9.17, 15) is 18.0 Å². The lowest BCUT2D eigenvalue weighted by atomic mass is 9.96. The van der Waals surface area contributed by atoms with Crippen LogP contribution in [-0.2, 0) is 0 Å². The Hall–Kier alpha value is -2.70. The SMILES string of the molecule is Cc1cccc(C)c1-c1c(C)nn2c(C(C)C)cc(C(=O)C(F)(F)F)nc12. The van der Waals surface area contributed by atoms with Crippen LogP contribution in [0, 0.1) is 20.8 Å². The average Bonchev–Trinajstić information content (AvgIpc) is 2.88. The summed E-state index contributed by atoms with van der Waals surface area (Å²) >= 11 is 0. The smallest absolute Gasteiger partial charge is 0.282 e. The Morgan fingerprint density at radius 1 is 1.07 bits per heavy atom. The summed E-state index contributed by atoms with van der Waals surface area (Å²) in [6, 6.07) is 6.97. The first kappa shape index (κ1) is 19.1. The molecule has 2 aromatic heterocycles. The van der Waals surface area contributed by atoms with Crippen LogP contribution in [0.2, 0.25) is 0 Å². The summed E-state index contributed by atoms with van der Waals surface area (Å²) in [5.74, 6) is -2.08. The third-order valence-corrected chi connectivity index (χ3v) is 4.60. The fourth-order valence-electron chi connectivity index (χ4n) is 3.32. The largest absolute Gasteiger partial charge is 0.456 e. The zero-order chi connectivity index (χ0) is 20.1. The molecule has 2 heterocycles. The van der Waals surface area contributed by atoms with Crippen molar-refractivity contribution < 1.29 is 18.0 Å². The van der Waals surface area contributed by atoms with Crippen molar-refractivity contribution in [2.75, 3.05) is 0 Å². The number of rotatable bonds is 3. The molecule has 0 radical (unpaired) electrons. The molecular formula is C20H20F3N3O. The number of halogens is 3. The second-order valence-corrected chi connectivity index (χ2v) is 7.01. The number of benzene rings is 1. The van der Waals surface area contributed by atoms with Gasteiger partial charge in [0.25, 0.3) is 5.78 Å². The van der Waals surface area contributed by atoms with Crippen LogP contribution in [0.5, 0.6) is 0 Å². The van der Waals surface area contributed by atoms with E-state index in [0.29, 0.717) is 17.0 Å². The van der Waals surface area contributed by atoms with Gasteiger partial charge in [-0.2, -0.15) is 18.3 Å². The molecule has 1 aromatic carbocycles. The second kappa shape index (κ2) is 6.48. The van der Waals surface area contributed by atoms with Crippen molar-refractivity contribution in [1.82, 2.24) is 14.6 Å². The van der Waals surface area contributed by atoms with Crippen LogP contribution in [-0.4, -0.2) is 26.6 Å². The zero-order valence-electron chi connectivity index (χ0n) is 15.8. The third kappa shape index (κ3) is 3.22. The van der Waals surface area contributed by atoms with Gasteiger partial charge >= 0.3 is 6.18 Å². The number of hydrogen-bond donors (Lipinski definition) is 0. The van der Waals surface area contributed by atoms with E-state index >= 15 is 0 Å². The Bertz CT molecular complexity index is 1030. The van der Waals surface area contributed by atoms with Crippen LogP contribution in [0.3, 0.4) is 0 Å². The van der Waals surface area contributed by atoms with Gasteiger partial charge in [0, 0.05) is 5.69 Å². The van der Waals surface area contributed by atoms with Crippen molar-refractivity contribution in [1.29, 1.82) is 0 Å². The minimum absolute atomic E-state index is 0.139. The van der Waals surface area contributed by atoms with Crippen molar-refractivity contribution in [2.45, 2.75) is 46.7 Å². The molecule has 0 atom stereocenters. The number of aryl methyl sites for hydroxylation is 3. The van der Waals surface area contributed by atoms with Crippen LogP contribution in [0.4, 0.5) is 13.2 Å². The monoisotopic (exact) mass is 375 g/mol. The topological polar surface area (TPSA) is 47.3 Å². The highest BCUT2D eigenvalue weighted by molar-refractivity contribution is 5.99. The molecule has 0 unspecified atom stereocenters. The van der Waals surface area contributed by atoms with E-state index in [0.717, 1.165) is 16.7 Å². The van der Waals surface area contributed by atoms with E-state index in [1.54, 1.807) is 11.4 Å². The highest BCUT2D eigenvalue weighted by Crippen LogP contribution is 2.34. The van der Waals surface area contributed by atoms with E-state index < -0.39 is 17.7 Å². The van der Waals surface area contributed by atoms with Gasteiger partial charge in [-0.05, 0) is 49.4 Å². The van der Waals surface area contributed by atoms with E-state index in [1.807, 2.05) is 45.9 Å². The molecule has 0 saturated carbocycles. The molecule has 0 spiro atoms. The fraction of sp³-hybridized carbons (Fsp3) is 0.350. The van der Waals surface area contributed by atoms with Gasteiger partial charge in [-0.3, -0.25) is 4.79 Å². The number of nitrogens with zero attached hydrogens (tertiary/aromatic N) is 3. The molecule has 27 heavy (non-hydrogen) atoms. The molecular weight excluding hydrogens is 355 g/mol. The van der Waals surface area contributed by atoms with E-state index in [2.05, 4.69) is 10.1 Å². The molecule has 142 valence electrons. The van der Waals surface area contributed by atoms with Crippen molar-refractivity contribution in [2.24, 2.45) is 0 Å². The van der Waals surface area contributed by atoms with Gasteiger partial charge in [-0.15, -0.1) is 0 Å². The summed E-state index contributed by atoms with van der Waals surface area (Å²) in [5, 5.41) is 4.52. The first-order valence-electron chi connectivity index (χ1n) is 8.60. The second-order valence-electron chi connectivity index (χ2n) is 7.01. The Balaban J connectivity index is 2.42.